The molecule has 0 amide bonds. The van der Waals surface area contributed by atoms with Gasteiger partial charge in [0.25, 0.3) is 0 Å². The number of carbonyl (C=O) groups is 3. The molecule has 0 bridgehead atoms. The van der Waals surface area contributed by atoms with Crippen molar-refractivity contribution in [1.82, 2.24) is 0 Å². The van der Waals surface area contributed by atoms with Crippen LogP contribution in [0.2, 0.25) is 0 Å². The van der Waals surface area contributed by atoms with Crippen LogP contribution in [0.15, 0.2) is 47.1 Å². The van der Waals surface area contributed by atoms with Gasteiger partial charge in [-0.25, -0.2) is 0 Å². The largest absolute Gasteiger partial charge is 0.507 e. The number of phenols is 1. The van der Waals surface area contributed by atoms with Gasteiger partial charge in [-0.3, -0.25) is 14.4 Å². The summed E-state index contributed by atoms with van der Waals surface area (Å²) in [5, 5.41) is 34.9. The Kier molecular flexibility index (Phi) is 9.59. The number of fused-ring (bicyclic) bond motifs is 3. The van der Waals surface area contributed by atoms with Crippen molar-refractivity contribution in [2.75, 3.05) is 20.3 Å². The normalized spacial score (nSPS) is 25.4. The van der Waals surface area contributed by atoms with Gasteiger partial charge in [0, 0.05) is 35.2 Å². The number of methoxy groups -OCH3 is 1. The minimum absolute atomic E-state index is 0.0902. The Morgan fingerprint density at radius 1 is 0.936 bits per heavy atom. The predicted molar refractivity (Wildman–Crippen MR) is 180 cm³/mol. The highest BCUT2D eigenvalue weighted by atomic mass is 16.5. The van der Waals surface area contributed by atoms with Gasteiger partial charge in [0.05, 0.1) is 18.2 Å². The van der Waals surface area contributed by atoms with Crippen molar-refractivity contribution in [2.24, 2.45) is 10.8 Å². The second kappa shape index (κ2) is 13.0. The number of ketones is 3. The average Bonchev–Trinajstić information content (AvgIpc) is 3.00. The van der Waals surface area contributed by atoms with E-state index >= 15 is 0 Å². The average molecular weight is 645 g/mol. The Morgan fingerprint density at radius 2 is 1.66 bits per heavy atom. The third kappa shape index (κ3) is 5.73. The molecule has 8 nitrogen and oxygen atoms in total. The highest BCUT2D eigenvalue weighted by Gasteiger charge is 2.69. The molecule has 0 unspecified atom stereocenters. The van der Waals surface area contributed by atoms with Crippen molar-refractivity contribution >= 4 is 23.1 Å². The lowest BCUT2D eigenvalue weighted by Gasteiger charge is -2.56. The van der Waals surface area contributed by atoms with Gasteiger partial charge in [0.1, 0.15) is 17.3 Å². The summed E-state index contributed by atoms with van der Waals surface area (Å²) in [4.78, 5) is 40.5. The van der Waals surface area contributed by atoms with Gasteiger partial charge < -0.3 is 24.8 Å². The number of aliphatic hydroxyl groups excluding tert-OH is 1. The molecule has 0 spiro atoms. The molecule has 0 aliphatic heterocycles. The van der Waals surface area contributed by atoms with Crippen LogP contribution in [0.25, 0.3) is 16.9 Å². The molecule has 1 saturated carbocycles. The molecule has 3 aliphatic carbocycles. The fourth-order valence-electron chi connectivity index (χ4n) is 8.46. The number of hydrogen-bond acceptors (Lipinski definition) is 8. The monoisotopic (exact) mass is 644 g/mol. The molecule has 0 radical (unpaired) electrons. The van der Waals surface area contributed by atoms with Gasteiger partial charge in [-0.05, 0) is 93.7 Å². The van der Waals surface area contributed by atoms with Crippen LogP contribution in [0.1, 0.15) is 96.3 Å². The molecule has 47 heavy (non-hydrogen) atoms. The summed E-state index contributed by atoms with van der Waals surface area (Å²) in [6.45, 7) is 10.3. The lowest BCUT2D eigenvalue weighted by atomic mass is 9.46. The number of ether oxygens (including phenoxy) is 2. The third-order valence-corrected chi connectivity index (χ3v) is 10.6. The van der Waals surface area contributed by atoms with Crippen molar-refractivity contribution in [3.05, 3.63) is 63.7 Å². The molecule has 1 fully saturated rings. The van der Waals surface area contributed by atoms with Crippen molar-refractivity contribution in [2.45, 2.75) is 98.0 Å². The second-order valence-electron chi connectivity index (χ2n) is 14.3. The number of Topliss-reactive ketones (excluding diaryl/α,β-unsaturated/α-hetero) is 3. The van der Waals surface area contributed by atoms with Crippen LogP contribution >= 0.6 is 0 Å². The molecular weight excluding hydrogens is 596 g/mol. The molecule has 0 aromatic heterocycles. The first-order valence-corrected chi connectivity index (χ1v) is 16.8. The number of aryl methyl sites for hydroxylation is 1. The maximum Gasteiger partial charge on any atom is 0.206 e. The van der Waals surface area contributed by atoms with E-state index in [4.69, 9.17) is 9.47 Å². The Labute approximate surface area is 277 Å². The Balaban J connectivity index is 1.54. The molecule has 252 valence electrons. The standard InChI is InChI=1S/C39H48O8/c1-7-8-17-47-18-11-9-10-12-25-13-16-30(46-6)27(19-25)26-14-15-29(41)32-28(26)21-37(4)22-38(5)20-23(2)31(24(3)40)35(43)39(38,45)36(44)33(37)34(32)42/h13-16,19,41-42,45H,7-12,17-18,20-22H2,1-6H3/t37-,38+,39+/m1/s1. The summed E-state index contributed by atoms with van der Waals surface area (Å²) >= 11 is 0. The SMILES string of the molecule is CCCCOCCCCCc1ccc(OC)c(-c2ccc(O)c3c2C[C@]2(C)C[C@]4(C)CC(C)=C(C(C)=O)C(=O)[C@]4(O)C(=O)C2=C3O)c1. The maximum absolute atomic E-state index is 14.3. The lowest BCUT2D eigenvalue weighted by molar-refractivity contribution is -0.171. The van der Waals surface area contributed by atoms with Crippen molar-refractivity contribution in [1.29, 1.82) is 0 Å². The highest BCUT2D eigenvalue weighted by Crippen LogP contribution is 2.62. The topological polar surface area (TPSA) is 130 Å². The summed E-state index contributed by atoms with van der Waals surface area (Å²) in [5.74, 6) is -2.36. The van der Waals surface area contributed by atoms with E-state index in [0.717, 1.165) is 68.4 Å². The predicted octanol–water partition coefficient (Wildman–Crippen LogP) is 7.02. The van der Waals surface area contributed by atoms with Crippen LogP contribution in [0.5, 0.6) is 11.5 Å². The summed E-state index contributed by atoms with van der Waals surface area (Å²) in [6, 6.07) is 9.37. The van der Waals surface area contributed by atoms with Gasteiger partial charge in [0.15, 0.2) is 11.4 Å². The second-order valence-corrected chi connectivity index (χ2v) is 14.3. The Bertz CT molecular complexity index is 1680. The molecule has 5 rings (SSSR count). The van der Waals surface area contributed by atoms with E-state index in [1.54, 1.807) is 21.0 Å². The fraction of sp³-hybridized carbons (Fsp3) is 0.513. The Morgan fingerprint density at radius 3 is 2.34 bits per heavy atom. The molecule has 2 aromatic rings. The molecule has 0 heterocycles. The van der Waals surface area contributed by atoms with Gasteiger partial charge in [0.2, 0.25) is 11.6 Å². The zero-order valence-electron chi connectivity index (χ0n) is 28.5. The third-order valence-electron chi connectivity index (χ3n) is 10.6. The number of phenolic OH excluding ortho intramolecular Hbond substituents is 1. The van der Waals surface area contributed by atoms with Crippen molar-refractivity contribution in [3.8, 4) is 22.6 Å². The molecule has 3 aliphatic rings. The summed E-state index contributed by atoms with van der Waals surface area (Å²) < 4.78 is 11.5. The van der Waals surface area contributed by atoms with Gasteiger partial charge in [-0.15, -0.1) is 0 Å². The minimum atomic E-state index is -2.51. The van der Waals surface area contributed by atoms with Gasteiger partial charge in [-0.2, -0.15) is 0 Å². The smallest absolute Gasteiger partial charge is 0.206 e. The first-order valence-electron chi connectivity index (χ1n) is 16.8. The summed E-state index contributed by atoms with van der Waals surface area (Å²) in [7, 11) is 1.60. The van der Waals surface area contributed by atoms with Gasteiger partial charge in [-0.1, -0.05) is 51.3 Å². The molecular formula is C39H48O8. The van der Waals surface area contributed by atoms with E-state index in [2.05, 4.69) is 19.1 Å². The molecule has 3 N–H and O–H groups in total. The minimum Gasteiger partial charge on any atom is -0.507 e. The molecule has 8 heteroatoms. The van der Waals surface area contributed by atoms with E-state index in [9.17, 15) is 29.7 Å². The number of carbonyl (C=O) groups excluding carboxylic acids is 3. The number of rotatable bonds is 12. The van der Waals surface area contributed by atoms with Crippen LogP contribution in [-0.2, 0) is 32.0 Å². The van der Waals surface area contributed by atoms with Crippen LogP contribution in [-0.4, -0.2) is 58.6 Å². The summed E-state index contributed by atoms with van der Waals surface area (Å²) in [5.41, 5.74) is -0.932. The highest BCUT2D eigenvalue weighted by molar-refractivity contribution is 6.33. The Hall–Kier alpha value is -3.75. The van der Waals surface area contributed by atoms with Crippen LogP contribution < -0.4 is 4.74 Å². The van der Waals surface area contributed by atoms with Crippen LogP contribution in [0.3, 0.4) is 0 Å². The maximum atomic E-state index is 14.3. The molecule has 0 saturated heterocycles. The summed E-state index contributed by atoms with van der Waals surface area (Å²) in [6.07, 6.45) is 6.79. The lowest BCUT2D eigenvalue weighted by Crippen LogP contribution is -2.67. The number of benzene rings is 2. The number of unbranched alkanes of at least 4 members (excludes halogenated alkanes) is 3. The van der Waals surface area contributed by atoms with E-state index in [0.29, 0.717) is 16.9 Å². The zero-order chi connectivity index (χ0) is 34.3. The van der Waals surface area contributed by atoms with Crippen LogP contribution in [0.4, 0.5) is 0 Å². The number of aromatic hydroxyl groups is 1. The van der Waals surface area contributed by atoms with E-state index < -0.39 is 39.5 Å². The quantitative estimate of drug-likeness (QED) is 0.128. The zero-order valence-corrected chi connectivity index (χ0v) is 28.5. The van der Waals surface area contributed by atoms with E-state index in [-0.39, 0.29) is 41.7 Å². The fourth-order valence-corrected chi connectivity index (χ4v) is 8.46. The first kappa shape index (κ1) is 34.6. The molecule has 2 aromatic carbocycles. The van der Waals surface area contributed by atoms with Crippen LogP contribution in [0, 0.1) is 10.8 Å². The van der Waals surface area contributed by atoms with Gasteiger partial charge >= 0.3 is 0 Å². The van der Waals surface area contributed by atoms with E-state index in [1.807, 2.05) is 19.1 Å². The van der Waals surface area contributed by atoms with Crippen molar-refractivity contribution in [3.63, 3.8) is 0 Å². The number of hydrogen-bond donors (Lipinski definition) is 3. The van der Waals surface area contributed by atoms with Crippen molar-refractivity contribution < 1.29 is 39.2 Å². The molecule has 3 atom stereocenters. The number of allylic oxidation sites excluding steroid dienone is 1. The van der Waals surface area contributed by atoms with E-state index in [1.165, 1.54) is 13.0 Å². The number of aliphatic hydroxyl groups is 2. The first-order chi connectivity index (χ1) is 22.2.